The van der Waals surface area contributed by atoms with E-state index in [1.54, 1.807) is 0 Å². The number of quaternary nitrogens is 2. The predicted molar refractivity (Wildman–Crippen MR) is 87.6 cm³/mol. The fraction of sp³-hybridized carbons (Fsp3) is 0.889. The summed E-state index contributed by atoms with van der Waals surface area (Å²) in [4.78, 5) is 0. The first kappa shape index (κ1) is 16.0. The van der Waals surface area contributed by atoms with E-state index in [-0.39, 0.29) is 0 Å². The third kappa shape index (κ3) is 4.60. The molecule has 2 bridgehead atoms. The Hall–Kier alpha value is -0.340. The molecule has 3 fully saturated rings. The lowest BCUT2D eigenvalue weighted by Crippen LogP contribution is -2.73. The molecular formula is C18H36N2+2. The van der Waals surface area contributed by atoms with Crippen molar-refractivity contribution in [1.29, 1.82) is 0 Å². The summed E-state index contributed by atoms with van der Waals surface area (Å²) in [7, 11) is 2.46. The van der Waals surface area contributed by atoms with Gasteiger partial charge in [-0.05, 0) is 25.7 Å². The number of nitrogens with zero attached hydrogens (tertiary/aromatic N) is 2. The highest BCUT2D eigenvalue weighted by molar-refractivity contribution is 4.65. The van der Waals surface area contributed by atoms with Gasteiger partial charge < -0.3 is 8.97 Å². The minimum atomic E-state index is 1.21. The zero-order valence-electron chi connectivity index (χ0n) is 13.8. The monoisotopic (exact) mass is 280 g/mol. The topological polar surface area (TPSA) is 0 Å². The fourth-order valence-corrected chi connectivity index (χ4v) is 3.99. The molecule has 3 saturated heterocycles. The molecule has 0 N–H and O–H groups in total. The lowest BCUT2D eigenvalue weighted by molar-refractivity contribution is -1.07. The van der Waals surface area contributed by atoms with Gasteiger partial charge in [0.2, 0.25) is 0 Å². The lowest BCUT2D eigenvalue weighted by atomic mass is 10.0. The molecule has 0 saturated carbocycles. The zero-order chi connectivity index (χ0) is 14.3. The summed E-state index contributed by atoms with van der Waals surface area (Å²) >= 11 is 0. The molecule has 0 aromatic carbocycles. The van der Waals surface area contributed by atoms with Gasteiger partial charge in [-0.1, -0.05) is 31.8 Å². The van der Waals surface area contributed by atoms with Crippen LogP contribution >= 0.6 is 0 Å². The quantitative estimate of drug-likeness (QED) is 0.326. The Balaban J connectivity index is 1.48. The molecule has 0 radical (unpaired) electrons. The molecule has 3 heterocycles. The van der Waals surface area contributed by atoms with Crippen LogP contribution in [0.3, 0.4) is 0 Å². The molecule has 0 atom stereocenters. The minimum absolute atomic E-state index is 1.21. The molecule has 0 amide bonds. The van der Waals surface area contributed by atoms with Gasteiger partial charge in [-0.25, -0.2) is 0 Å². The molecule has 0 unspecified atom stereocenters. The molecule has 3 rings (SSSR count). The van der Waals surface area contributed by atoms with Gasteiger partial charge in [0, 0.05) is 0 Å². The summed E-state index contributed by atoms with van der Waals surface area (Å²) in [5.41, 5.74) is 0. The van der Waals surface area contributed by atoms with Crippen LogP contribution in [0.4, 0.5) is 0 Å². The van der Waals surface area contributed by atoms with Gasteiger partial charge >= 0.3 is 0 Å². The number of unbranched alkanes of at least 4 members (excludes halogenated alkanes) is 7. The Morgan fingerprint density at radius 2 is 1.25 bits per heavy atom. The van der Waals surface area contributed by atoms with Crippen LogP contribution in [0.5, 0.6) is 0 Å². The van der Waals surface area contributed by atoms with E-state index >= 15 is 0 Å². The molecule has 0 spiro atoms. The average Bonchev–Trinajstić information content (AvgIpc) is 2.47. The van der Waals surface area contributed by atoms with Crippen LogP contribution in [0.2, 0.25) is 0 Å². The Bertz CT molecular complexity index is 273. The van der Waals surface area contributed by atoms with E-state index in [4.69, 9.17) is 0 Å². The molecule has 3 aliphatic rings. The van der Waals surface area contributed by atoms with Crippen LogP contribution in [0, 0.1) is 0 Å². The van der Waals surface area contributed by atoms with Crippen LogP contribution in [0.15, 0.2) is 12.7 Å². The van der Waals surface area contributed by atoms with Crippen molar-refractivity contribution in [2.24, 2.45) is 0 Å². The summed E-state index contributed by atoms with van der Waals surface area (Å²) in [6.45, 7) is 13.9. The van der Waals surface area contributed by atoms with Crippen molar-refractivity contribution in [2.45, 2.75) is 51.4 Å². The van der Waals surface area contributed by atoms with E-state index in [2.05, 4.69) is 19.7 Å². The van der Waals surface area contributed by atoms with Gasteiger partial charge in [-0.2, -0.15) is 0 Å². The zero-order valence-corrected chi connectivity index (χ0v) is 13.8. The second-order valence-corrected chi connectivity index (χ2v) is 7.58. The van der Waals surface area contributed by atoms with Crippen molar-refractivity contribution in [3.63, 3.8) is 0 Å². The second-order valence-electron chi connectivity index (χ2n) is 7.58. The second kappa shape index (κ2) is 7.61. The predicted octanol–water partition coefficient (Wildman–Crippen LogP) is 3.58. The number of hydrogen-bond acceptors (Lipinski definition) is 0. The summed E-state index contributed by atoms with van der Waals surface area (Å²) in [6, 6.07) is 0. The summed E-state index contributed by atoms with van der Waals surface area (Å²) in [5.74, 6) is 0. The minimum Gasteiger partial charge on any atom is -0.312 e. The molecular weight excluding hydrogens is 244 g/mol. The van der Waals surface area contributed by atoms with Gasteiger partial charge in [0.05, 0.1) is 13.6 Å². The normalized spacial score (nSPS) is 32.5. The highest BCUT2D eigenvalue weighted by atomic mass is 15.5. The smallest absolute Gasteiger partial charge is 0.129 e. The lowest BCUT2D eigenvalue weighted by Gasteiger charge is -2.54. The van der Waals surface area contributed by atoms with E-state index in [1.165, 1.54) is 106 Å². The largest absolute Gasteiger partial charge is 0.312 e. The molecule has 2 nitrogen and oxygen atoms in total. The average molecular weight is 280 g/mol. The van der Waals surface area contributed by atoms with Crippen molar-refractivity contribution in [3.05, 3.63) is 12.7 Å². The Kier molecular flexibility index (Phi) is 6.10. The van der Waals surface area contributed by atoms with Crippen LogP contribution in [-0.2, 0) is 0 Å². The van der Waals surface area contributed by atoms with Gasteiger partial charge in [-0.3, -0.25) is 0 Å². The highest BCUT2D eigenvalue weighted by Crippen LogP contribution is 2.25. The molecule has 20 heavy (non-hydrogen) atoms. The maximum absolute atomic E-state index is 3.78. The van der Waals surface area contributed by atoms with Crippen molar-refractivity contribution in [2.75, 3.05) is 52.9 Å². The maximum Gasteiger partial charge on any atom is 0.129 e. The number of hydrogen-bond donors (Lipinski definition) is 0. The Morgan fingerprint density at radius 1 is 0.750 bits per heavy atom. The molecule has 0 aliphatic carbocycles. The van der Waals surface area contributed by atoms with Crippen LogP contribution in [-0.4, -0.2) is 61.8 Å². The van der Waals surface area contributed by atoms with Gasteiger partial charge in [0.25, 0.3) is 0 Å². The maximum atomic E-state index is 3.78. The van der Waals surface area contributed by atoms with E-state index < -0.39 is 0 Å². The molecule has 0 aromatic rings. The third-order valence-corrected chi connectivity index (χ3v) is 5.88. The van der Waals surface area contributed by atoms with Crippen molar-refractivity contribution < 1.29 is 8.97 Å². The van der Waals surface area contributed by atoms with Gasteiger partial charge in [0.15, 0.2) is 0 Å². The van der Waals surface area contributed by atoms with E-state index in [0.29, 0.717) is 0 Å². The summed E-state index contributed by atoms with van der Waals surface area (Å²) in [5, 5.41) is 0. The summed E-state index contributed by atoms with van der Waals surface area (Å²) in [6.07, 6.45) is 13.3. The molecule has 0 aromatic heterocycles. The Labute approximate surface area is 126 Å². The standard InChI is InChI=1S/C18H36N2/c1-3-4-5-6-7-8-9-10-11-12-20-16-13-19(2,14-17-20)15-18-20/h3H,1,4-18H2,2H3/q+2. The SMILES string of the molecule is C=CCCCCCCCCC[N+]12CC[N+](C)(CC1)CC2. The Morgan fingerprint density at radius 3 is 1.80 bits per heavy atom. The van der Waals surface area contributed by atoms with Crippen molar-refractivity contribution in [3.8, 4) is 0 Å². The van der Waals surface area contributed by atoms with Gasteiger partial charge in [0.1, 0.15) is 39.3 Å². The first-order valence-corrected chi connectivity index (χ1v) is 8.98. The van der Waals surface area contributed by atoms with E-state index in [1.807, 2.05) is 0 Å². The van der Waals surface area contributed by atoms with Crippen LogP contribution < -0.4 is 0 Å². The van der Waals surface area contributed by atoms with Crippen molar-refractivity contribution in [1.82, 2.24) is 0 Å². The van der Waals surface area contributed by atoms with E-state index in [9.17, 15) is 0 Å². The summed E-state index contributed by atoms with van der Waals surface area (Å²) < 4.78 is 2.83. The molecule has 2 heteroatoms. The number of rotatable bonds is 10. The first-order chi connectivity index (χ1) is 9.68. The molecule has 116 valence electrons. The highest BCUT2D eigenvalue weighted by Gasteiger charge is 2.45. The number of likely N-dealkylation sites (N-methyl/N-ethyl adjacent to an activating group) is 1. The number of allylic oxidation sites excluding steroid dienone is 1. The number of fused-ring (bicyclic) bond motifs is 3. The van der Waals surface area contributed by atoms with Crippen LogP contribution in [0.1, 0.15) is 51.4 Å². The van der Waals surface area contributed by atoms with E-state index in [0.717, 1.165) is 0 Å². The van der Waals surface area contributed by atoms with Crippen molar-refractivity contribution >= 4 is 0 Å². The third-order valence-electron chi connectivity index (χ3n) is 5.88. The van der Waals surface area contributed by atoms with Gasteiger partial charge in [-0.15, -0.1) is 6.58 Å². The molecule has 3 aliphatic heterocycles. The first-order valence-electron chi connectivity index (χ1n) is 8.98. The number of piperazine rings is 3. The van der Waals surface area contributed by atoms with Crippen LogP contribution in [0.25, 0.3) is 0 Å². The fourth-order valence-electron chi connectivity index (χ4n) is 3.99.